The summed E-state index contributed by atoms with van der Waals surface area (Å²) < 4.78 is 10.5. The van der Waals surface area contributed by atoms with Gasteiger partial charge in [-0.2, -0.15) is 0 Å². The lowest BCUT2D eigenvalue weighted by molar-refractivity contribution is 0.403. The van der Waals surface area contributed by atoms with Crippen LogP contribution in [0.5, 0.6) is 5.75 Å². The molecule has 78 valence electrons. The molecule has 0 aliphatic rings. The van der Waals surface area contributed by atoms with Crippen LogP contribution >= 0.6 is 0 Å². The van der Waals surface area contributed by atoms with Gasteiger partial charge in [0.2, 0.25) is 0 Å². The summed E-state index contributed by atoms with van der Waals surface area (Å²) in [4.78, 5) is 0. The first-order valence-electron chi connectivity index (χ1n) is 4.75. The Balaban J connectivity index is 2.37. The average molecular weight is 203 g/mol. The number of furan rings is 1. The largest absolute Gasteiger partial charge is 0.496 e. The third-order valence-electron chi connectivity index (χ3n) is 2.32. The van der Waals surface area contributed by atoms with E-state index in [4.69, 9.17) is 14.9 Å². The van der Waals surface area contributed by atoms with Gasteiger partial charge in [0, 0.05) is 5.56 Å². The highest BCUT2D eigenvalue weighted by Crippen LogP contribution is 2.27. The van der Waals surface area contributed by atoms with E-state index < -0.39 is 0 Å². The number of hydrogen-bond acceptors (Lipinski definition) is 3. The summed E-state index contributed by atoms with van der Waals surface area (Å²) in [7, 11) is 1.63. The molecule has 2 rings (SSSR count). The van der Waals surface area contributed by atoms with E-state index in [-0.39, 0.29) is 6.04 Å². The number of para-hydroxylation sites is 1. The molecule has 0 saturated heterocycles. The maximum atomic E-state index is 6.06. The van der Waals surface area contributed by atoms with E-state index in [1.807, 2.05) is 36.4 Å². The van der Waals surface area contributed by atoms with Crippen molar-refractivity contribution in [3.05, 3.63) is 54.0 Å². The zero-order valence-corrected chi connectivity index (χ0v) is 8.51. The molecule has 2 aromatic rings. The second-order valence-corrected chi connectivity index (χ2v) is 3.24. The molecule has 0 spiro atoms. The predicted octanol–water partition coefficient (Wildman–Crippen LogP) is 2.34. The van der Waals surface area contributed by atoms with Crippen molar-refractivity contribution >= 4 is 0 Å². The quantitative estimate of drug-likeness (QED) is 0.832. The second-order valence-electron chi connectivity index (χ2n) is 3.24. The van der Waals surface area contributed by atoms with Crippen LogP contribution in [0, 0.1) is 0 Å². The molecule has 0 fully saturated rings. The normalized spacial score (nSPS) is 12.4. The topological polar surface area (TPSA) is 48.4 Å². The summed E-state index contributed by atoms with van der Waals surface area (Å²) in [5, 5.41) is 0. The molecule has 0 radical (unpaired) electrons. The number of hydrogen-bond donors (Lipinski definition) is 1. The van der Waals surface area contributed by atoms with Crippen LogP contribution in [0.3, 0.4) is 0 Å². The molecule has 3 heteroatoms. The van der Waals surface area contributed by atoms with Gasteiger partial charge in [-0.25, -0.2) is 0 Å². The van der Waals surface area contributed by atoms with Crippen molar-refractivity contribution < 1.29 is 9.15 Å². The Kier molecular flexibility index (Phi) is 2.74. The summed E-state index contributed by atoms with van der Waals surface area (Å²) in [5.74, 6) is 1.51. The third-order valence-corrected chi connectivity index (χ3v) is 2.32. The molecule has 0 bridgehead atoms. The molecular formula is C12H13NO2. The first-order chi connectivity index (χ1) is 7.33. The van der Waals surface area contributed by atoms with Gasteiger partial charge in [-0.3, -0.25) is 0 Å². The highest BCUT2D eigenvalue weighted by Gasteiger charge is 2.15. The third kappa shape index (κ3) is 1.87. The van der Waals surface area contributed by atoms with Crippen molar-refractivity contribution in [3.63, 3.8) is 0 Å². The van der Waals surface area contributed by atoms with E-state index in [0.29, 0.717) is 0 Å². The highest BCUT2D eigenvalue weighted by atomic mass is 16.5. The van der Waals surface area contributed by atoms with E-state index in [1.165, 1.54) is 0 Å². The van der Waals surface area contributed by atoms with E-state index >= 15 is 0 Å². The van der Waals surface area contributed by atoms with Crippen LogP contribution in [0.2, 0.25) is 0 Å². The minimum atomic E-state index is -0.281. The van der Waals surface area contributed by atoms with Crippen LogP contribution in [-0.4, -0.2) is 7.11 Å². The van der Waals surface area contributed by atoms with Crippen molar-refractivity contribution in [3.8, 4) is 5.75 Å². The summed E-state index contributed by atoms with van der Waals surface area (Å²) in [6.07, 6.45) is 1.62. The van der Waals surface area contributed by atoms with Crippen LogP contribution in [0.25, 0.3) is 0 Å². The fourth-order valence-electron chi connectivity index (χ4n) is 1.54. The Bertz CT molecular complexity index is 423. The summed E-state index contributed by atoms with van der Waals surface area (Å²) in [6.45, 7) is 0. The molecule has 1 unspecified atom stereocenters. The van der Waals surface area contributed by atoms with E-state index in [9.17, 15) is 0 Å². The first kappa shape index (κ1) is 9.80. The second kappa shape index (κ2) is 4.19. The molecule has 0 aliphatic carbocycles. The summed E-state index contributed by atoms with van der Waals surface area (Å²) in [5.41, 5.74) is 6.99. The van der Waals surface area contributed by atoms with Crippen LogP contribution in [0.15, 0.2) is 47.1 Å². The van der Waals surface area contributed by atoms with Crippen LogP contribution in [-0.2, 0) is 0 Å². The van der Waals surface area contributed by atoms with Gasteiger partial charge in [-0.1, -0.05) is 18.2 Å². The molecule has 0 aliphatic heterocycles. The lowest BCUT2D eigenvalue weighted by Gasteiger charge is -2.13. The molecule has 1 atom stereocenters. The van der Waals surface area contributed by atoms with Crippen LogP contribution in [0.4, 0.5) is 0 Å². The van der Waals surface area contributed by atoms with Gasteiger partial charge >= 0.3 is 0 Å². The van der Waals surface area contributed by atoms with Gasteiger partial charge in [0.25, 0.3) is 0 Å². The number of methoxy groups -OCH3 is 1. The number of rotatable bonds is 3. The molecular weight excluding hydrogens is 190 g/mol. The van der Waals surface area contributed by atoms with Gasteiger partial charge in [-0.05, 0) is 18.2 Å². The maximum absolute atomic E-state index is 6.06. The Hall–Kier alpha value is -1.74. The zero-order chi connectivity index (χ0) is 10.7. The molecule has 1 aromatic heterocycles. The lowest BCUT2D eigenvalue weighted by Crippen LogP contribution is -2.12. The average Bonchev–Trinajstić information content (AvgIpc) is 2.81. The minimum Gasteiger partial charge on any atom is -0.496 e. The molecule has 0 amide bonds. The Morgan fingerprint density at radius 1 is 1.20 bits per heavy atom. The fourth-order valence-corrected chi connectivity index (χ4v) is 1.54. The van der Waals surface area contributed by atoms with Gasteiger partial charge in [0.05, 0.1) is 19.4 Å². The van der Waals surface area contributed by atoms with Crippen molar-refractivity contribution in [2.24, 2.45) is 5.73 Å². The Morgan fingerprint density at radius 3 is 2.67 bits per heavy atom. The number of nitrogens with two attached hydrogens (primary N) is 1. The smallest absolute Gasteiger partial charge is 0.125 e. The van der Waals surface area contributed by atoms with Crippen molar-refractivity contribution in [2.45, 2.75) is 6.04 Å². The molecule has 1 heterocycles. The molecule has 2 N–H and O–H groups in total. The van der Waals surface area contributed by atoms with Crippen molar-refractivity contribution in [1.29, 1.82) is 0 Å². The van der Waals surface area contributed by atoms with Crippen molar-refractivity contribution in [1.82, 2.24) is 0 Å². The Labute approximate surface area is 88.5 Å². The minimum absolute atomic E-state index is 0.281. The lowest BCUT2D eigenvalue weighted by atomic mass is 10.0. The van der Waals surface area contributed by atoms with E-state index in [1.54, 1.807) is 13.4 Å². The Morgan fingerprint density at radius 2 is 2.00 bits per heavy atom. The zero-order valence-electron chi connectivity index (χ0n) is 8.51. The SMILES string of the molecule is COc1ccccc1C(N)c1ccco1. The first-order valence-corrected chi connectivity index (χ1v) is 4.75. The standard InChI is InChI=1S/C12H13NO2/c1-14-10-6-3-2-5-9(10)12(13)11-7-4-8-15-11/h2-8,12H,13H2,1H3. The van der Waals surface area contributed by atoms with Gasteiger partial charge in [0.1, 0.15) is 11.5 Å². The predicted molar refractivity (Wildman–Crippen MR) is 57.7 cm³/mol. The summed E-state index contributed by atoms with van der Waals surface area (Å²) in [6, 6.07) is 11.1. The van der Waals surface area contributed by atoms with Crippen LogP contribution in [0.1, 0.15) is 17.4 Å². The molecule has 0 saturated carbocycles. The van der Waals surface area contributed by atoms with E-state index in [2.05, 4.69) is 0 Å². The van der Waals surface area contributed by atoms with Gasteiger partial charge < -0.3 is 14.9 Å². The van der Waals surface area contributed by atoms with Gasteiger partial charge in [-0.15, -0.1) is 0 Å². The number of ether oxygens (including phenoxy) is 1. The van der Waals surface area contributed by atoms with Crippen molar-refractivity contribution in [2.75, 3.05) is 7.11 Å². The van der Waals surface area contributed by atoms with Crippen LogP contribution < -0.4 is 10.5 Å². The molecule has 1 aromatic carbocycles. The fraction of sp³-hybridized carbons (Fsp3) is 0.167. The highest BCUT2D eigenvalue weighted by molar-refractivity contribution is 5.38. The molecule has 3 nitrogen and oxygen atoms in total. The molecule has 15 heavy (non-hydrogen) atoms. The van der Waals surface area contributed by atoms with E-state index in [0.717, 1.165) is 17.1 Å². The monoisotopic (exact) mass is 203 g/mol. The van der Waals surface area contributed by atoms with Gasteiger partial charge in [0.15, 0.2) is 0 Å². The number of benzene rings is 1. The maximum Gasteiger partial charge on any atom is 0.125 e. The summed E-state index contributed by atoms with van der Waals surface area (Å²) >= 11 is 0.